The van der Waals surface area contributed by atoms with Crippen LogP contribution in [0.2, 0.25) is 0 Å². The van der Waals surface area contributed by atoms with E-state index in [1.165, 1.54) is 18.2 Å². The molecule has 0 spiro atoms. The summed E-state index contributed by atoms with van der Waals surface area (Å²) in [5, 5.41) is 0. The average molecular weight is 285 g/mol. The van der Waals surface area contributed by atoms with Crippen molar-refractivity contribution in [2.24, 2.45) is 0 Å². The first-order chi connectivity index (χ1) is 9.40. The van der Waals surface area contributed by atoms with Gasteiger partial charge in [-0.05, 0) is 12.1 Å². The molecule has 0 N–H and O–H groups in total. The lowest BCUT2D eigenvalue weighted by atomic mass is 10.0. The number of para-hydroxylation sites is 1. The monoisotopic (exact) mass is 285 g/mol. The number of benzene rings is 1. The molecule has 104 valence electrons. The summed E-state index contributed by atoms with van der Waals surface area (Å²) in [6.45, 7) is 0. The predicted molar refractivity (Wildman–Crippen MR) is 61.7 cm³/mol. The van der Waals surface area contributed by atoms with Crippen molar-refractivity contribution < 1.29 is 27.1 Å². The fourth-order valence-electron chi connectivity index (χ4n) is 1.62. The lowest BCUT2D eigenvalue weighted by molar-refractivity contribution is -0.274. The molecule has 3 nitrogen and oxygen atoms in total. The van der Waals surface area contributed by atoms with Gasteiger partial charge in [0.15, 0.2) is 6.29 Å². The number of halogens is 4. The summed E-state index contributed by atoms with van der Waals surface area (Å²) < 4.78 is 54.4. The Morgan fingerprint density at radius 2 is 1.85 bits per heavy atom. The molecule has 0 unspecified atom stereocenters. The Labute approximate surface area is 110 Å². The van der Waals surface area contributed by atoms with Crippen molar-refractivity contribution in [1.82, 2.24) is 4.98 Å². The van der Waals surface area contributed by atoms with Crippen LogP contribution >= 0.6 is 0 Å². The maximum absolute atomic E-state index is 13.6. The minimum absolute atomic E-state index is 0.0446. The quantitative estimate of drug-likeness (QED) is 0.491. The lowest BCUT2D eigenvalue weighted by Gasteiger charge is -2.13. The molecule has 0 bridgehead atoms. The first kappa shape index (κ1) is 14.0. The van der Waals surface area contributed by atoms with Crippen LogP contribution in [0.15, 0.2) is 36.5 Å². The van der Waals surface area contributed by atoms with Crippen molar-refractivity contribution >= 4 is 6.29 Å². The summed E-state index contributed by atoms with van der Waals surface area (Å²) in [6.07, 6.45) is -3.50. The number of hydrogen-bond acceptors (Lipinski definition) is 3. The Kier molecular flexibility index (Phi) is 3.69. The average Bonchev–Trinajstić information content (AvgIpc) is 2.38. The van der Waals surface area contributed by atoms with Gasteiger partial charge >= 0.3 is 6.36 Å². The van der Waals surface area contributed by atoms with Crippen LogP contribution in [0, 0.1) is 5.95 Å². The van der Waals surface area contributed by atoms with Crippen molar-refractivity contribution in [3.05, 3.63) is 48.0 Å². The summed E-state index contributed by atoms with van der Waals surface area (Å²) in [7, 11) is 0. The molecule has 0 atom stereocenters. The molecule has 0 aliphatic rings. The van der Waals surface area contributed by atoms with E-state index in [0.29, 0.717) is 6.29 Å². The van der Waals surface area contributed by atoms with Crippen molar-refractivity contribution in [2.75, 3.05) is 0 Å². The van der Waals surface area contributed by atoms with Crippen molar-refractivity contribution in [1.29, 1.82) is 0 Å². The Bertz CT molecular complexity index is 641. The molecule has 0 saturated heterocycles. The summed E-state index contributed by atoms with van der Waals surface area (Å²) in [6, 6.07) is 6.14. The summed E-state index contributed by atoms with van der Waals surface area (Å²) in [5.41, 5.74) is -0.337. The van der Waals surface area contributed by atoms with Gasteiger partial charge < -0.3 is 4.74 Å². The molecule has 1 aromatic carbocycles. The van der Waals surface area contributed by atoms with Gasteiger partial charge in [-0.15, -0.1) is 13.2 Å². The molecule has 0 aliphatic heterocycles. The van der Waals surface area contributed by atoms with Gasteiger partial charge in [-0.25, -0.2) is 4.98 Å². The van der Waals surface area contributed by atoms with Gasteiger partial charge in [-0.2, -0.15) is 4.39 Å². The molecule has 0 radical (unpaired) electrons. The number of aldehydes is 1. The number of rotatable bonds is 3. The molecule has 0 aliphatic carbocycles. The minimum Gasteiger partial charge on any atom is -0.405 e. The first-order valence-corrected chi connectivity index (χ1v) is 5.36. The maximum Gasteiger partial charge on any atom is 0.573 e. The van der Waals surface area contributed by atoms with Gasteiger partial charge in [0.25, 0.3) is 0 Å². The van der Waals surface area contributed by atoms with E-state index in [4.69, 9.17) is 0 Å². The standard InChI is InChI=1S/C13H7F4NO2/c14-12-10(5-8(7-19)6-18-12)9-3-1-2-4-11(9)20-13(15,16)17/h1-7H. The fraction of sp³-hybridized carbons (Fsp3) is 0.0769. The van der Waals surface area contributed by atoms with Gasteiger partial charge in [-0.3, -0.25) is 4.79 Å². The van der Waals surface area contributed by atoms with Crippen molar-refractivity contribution in [3.63, 3.8) is 0 Å². The van der Waals surface area contributed by atoms with E-state index in [2.05, 4.69) is 9.72 Å². The second kappa shape index (κ2) is 5.28. The molecule has 7 heteroatoms. The minimum atomic E-state index is -4.90. The van der Waals surface area contributed by atoms with Crippen LogP contribution in [0.4, 0.5) is 17.6 Å². The zero-order valence-corrected chi connectivity index (χ0v) is 9.82. The van der Waals surface area contributed by atoms with Gasteiger partial charge in [0.2, 0.25) is 5.95 Å². The Balaban J connectivity index is 2.55. The Hall–Kier alpha value is -2.44. The number of alkyl halides is 3. The van der Waals surface area contributed by atoms with Crippen LogP contribution < -0.4 is 4.74 Å². The van der Waals surface area contributed by atoms with Crippen molar-refractivity contribution in [3.8, 4) is 16.9 Å². The third-order valence-corrected chi connectivity index (χ3v) is 2.40. The molecule has 2 aromatic rings. The molecule has 2 rings (SSSR count). The SMILES string of the molecule is O=Cc1cnc(F)c(-c2ccccc2OC(F)(F)F)c1. The topological polar surface area (TPSA) is 39.2 Å². The van der Waals surface area contributed by atoms with E-state index >= 15 is 0 Å². The summed E-state index contributed by atoms with van der Waals surface area (Å²) in [5.74, 6) is -1.56. The highest BCUT2D eigenvalue weighted by molar-refractivity contribution is 5.79. The highest BCUT2D eigenvalue weighted by atomic mass is 19.4. The van der Waals surface area contributed by atoms with E-state index in [-0.39, 0.29) is 16.7 Å². The van der Waals surface area contributed by atoms with E-state index in [9.17, 15) is 22.4 Å². The van der Waals surface area contributed by atoms with Gasteiger partial charge in [-0.1, -0.05) is 18.2 Å². The first-order valence-electron chi connectivity index (χ1n) is 5.36. The molecule has 20 heavy (non-hydrogen) atoms. The third-order valence-electron chi connectivity index (χ3n) is 2.40. The zero-order chi connectivity index (χ0) is 14.8. The van der Waals surface area contributed by atoms with E-state index < -0.39 is 18.1 Å². The fourth-order valence-corrected chi connectivity index (χ4v) is 1.62. The second-order valence-electron chi connectivity index (χ2n) is 3.77. The van der Waals surface area contributed by atoms with Gasteiger partial charge in [0.05, 0.1) is 0 Å². The Morgan fingerprint density at radius 3 is 2.50 bits per heavy atom. The van der Waals surface area contributed by atoms with Crippen LogP contribution in [0.1, 0.15) is 10.4 Å². The largest absolute Gasteiger partial charge is 0.573 e. The maximum atomic E-state index is 13.6. The number of carbonyl (C=O) groups excluding carboxylic acids is 1. The lowest BCUT2D eigenvalue weighted by Crippen LogP contribution is -2.17. The Morgan fingerprint density at radius 1 is 1.15 bits per heavy atom. The highest BCUT2D eigenvalue weighted by Gasteiger charge is 2.32. The third kappa shape index (κ3) is 3.11. The normalized spacial score (nSPS) is 11.2. The van der Waals surface area contributed by atoms with Crippen LogP contribution in [-0.2, 0) is 0 Å². The van der Waals surface area contributed by atoms with E-state index in [0.717, 1.165) is 18.3 Å². The molecule has 1 heterocycles. The molecule has 1 aromatic heterocycles. The highest BCUT2D eigenvalue weighted by Crippen LogP contribution is 2.34. The number of ether oxygens (including phenoxy) is 1. The smallest absolute Gasteiger partial charge is 0.405 e. The number of aromatic nitrogens is 1. The molecule has 0 saturated carbocycles. The van der Waals surface area contributed by atoms with Crippen LogP contribution in [0.5, 0.6) is 5.75 Å². The summed E-state index contributed by atoms with van der Waals surface area (Å²) >= 11 is 0. The number of nitrogens with zero attached hydrogens (tertiary/aromatic N) is 1. The zero-order valence-electron chi connectivity index (χ0n) is 9.82. The predicted octanol–water partition coefficient (Wildman–Crippen LogP) is 3.60. The van der Waals surface area contributed by atoms with Crippen LogP contribution in [0.3, 0.4) is 0 Å². The molecule has 0 fully saturated rings. The van der Waals surface area contributed by atoms with Crippen molar-refractivity contribution in [2.45, 2.75) is 6.36 Å². The number of carbonyl (C=O) groups is 1. The van der Waals surface area contributed by atoms with Crippen LogP contribution in [-0.4, -0.2) is 17.6 Å². The van der Waals surface area contributed by atoms with E-state index in [1.54, 1.807) is 0 Å². The molecule has 0 amide bonds. The van der Waals surface area contributed by atoms with Crippen LogP contribution in [0.25, 0.3) is 11.1 Å². The molecular weight excluding hydrogens is 278 g/mol. The number of hydrogen-bond donors (Lipinski definition) is 0. The number of pyridine rings is 1. The molecular formula is C13H7F4NO2. The summed E-state index contributed by atoms with van der Waals surface area (Å²) in [4.78, 5) is 14.0. The van der Waals surface area contributed by atoms with Gasteiger partial charge in [0, 0.05) is 22.9 Å². The van der Waals surface area contributed by atoms with E-state index in [1.807, 2.05) is 0 Å². The second-order valence-corrected chi connectivity index (χ2v) is 3.77. The van der Waals surface area contributed by atoms with Gasteiger partial charge in [0.1, 0.15) is 5.75 Å².